The smallest absolute Gasteiger partial charge is 0.158 e. The maximum atomic E-state index is 13.3. The van der Waals surface area contributed by atoms with Crippen molar-refractivity contribution in [3.8, 4) is 11.1 Å². The molecule has 28 heavy (non-hydrogen) atoms. The topological polar surface area (TPSA) is 50.7 Å². The normalized spacial score (nSPS) is 12.6. The molecule has 2 aromatic carbocycles. The van der Waals surface area contributed by atoms with Crippen LogP contribution in [0.25, 0.3) is 33.1 Å². The van der Waals surface area contributed by atoms with Crippen molar-refractivity contribution >= 4 is 48.9 Å². The third-order valence-corrected chi connectivity index (χ3v) is 6.59. The third kappa shape index (κ3) is 2.89. The molecule has 1 N–H and O–H groups in total. The predicted octanol–water partition coefficient (Wildman–Crippen LogP) is 5.83. The van der Waals surface area contributed by atoms with Gasteiger partial charge in [0, 0.05) is 39.5 Å². The van der Waals surface area contributed by atoms with E-state index in [2.05, 4.69) is 50.2 Å². The van der Waals surface area contributed by atoms with Crippen LogP contribution in [0, 0.1) is 6.92 Å². The Morgan fingerprint density at radius 2 is 1.89 bits per heavy atom. The van der Waals surface area contributed by atoms with E-state index < -0.39 is 11.0 Å². The van der Waals surface area contributed by atoms with E-state index in [-0.39, 0.29) is 0 Å². The van der Waals surface area contributed by atoms with Gasteiger partial charge in [0.1, 0.15) is 0 Å². The summed E-state index contributed by atoms with van der Waals surface area (Å²) in [6, 6.07) is 18.1. The Labute approximate surface area is 172 Å². The first-order valence-electron chi connectivity index (χ1n) is 8.83. The Morgan fingerprint density at radius 1 is 1.07 bits per heavy atom. The number of hydrogen-bond acceptors (Lipinski definition) is 2. The second-order valence-corrected chi connectivity index (χ2v) is 9.01. The number of nitrogens with one attached hydrogen (secondary N) is 1. The fraction of sp³-hybridized carbons (Fsp3) is 0.0455. The summed E-state index contributed by atoms with van der Waals surface area (Å²) in [6.07, 6.45) is 5.61. The summed E-state index contributed by atoms with van der Waals surface area (Å²) in [5, 5.41) is 2.10. The molecule has 5 rings (SSSR count). The Hall–Kier alpha value is -2.70. The van der Waals surface area contributed by atoms with Crippen LogP contribution >= 0.6 is 15.9 Å². The molecule has 0 amide bonds. The minimum atomic E-state index is -1.38. The van der Waals surface area contributed by atoms with E-state index in [1.807, 2.05) is 49.6 Å². The number of fused-ring (bicyclic) bond motifs is 2. The quantitative estimate of drug-likeness (QED) is 0.376. The summed E-state index contributed by atoms with van der Waals surface area (Å²) in [6.45, 7) is 2.02. The van der Waals surface area contributed by atoms with Gasteiger partial charge in [-0.15, -0.1) is 0 Å². The SMILES string of the molecule is Cc1ccc(S(=O)n2cc(-c3ccc4[nH]ccc4c3)c3cc(Br)cnc32)cc1. The molecule has 5 aromatic rings. The second kappa shape index (κ2) is 6.72. The zero-order valence-electron chi connectivity index (χ0n) is 15.0. The lowest BCUT2D eigenvalue weighted by Gasteiger charge is -2.05. The first kappa shape index (κ1) is 17.4. The van der Waals surface area contributed by atoms with Crippen LogP contribution in [0.15, 0.2) is 82.6 Å². The van der Waals surface area contributed by atoms with E-state index >= 15 is 0 Å². The van der Waals surface area contributed by atoms with Gasteiger partial charge in [0.25, 0.3) is 0 Å². The largest absolute Gasteiger partial charge is 0.361 e. The Balaban J connectivity index is 1.72. The number of pyridine rings is 1. The number of H-pyrrole nitrogens is 1. The number of benzene rings is 2. The van der Waals surface area contributed by atoms with Gasteiger partial charge < -0.3 is 4.98 Å². The van der Waals surface area contributed by atoms with E-state index in [1.54, 1.807) is 10.2 Å². The molecule has 3 aromatic heterocycles. The minimum absolute atomic E-state index is 0.700. The molecule has 1 unspecified atom stereocenters. The van der Waals surface area contributed by atoms with Crippen LogP contribution in [-0.4, -0.2) is 18.1 Å². The lowest BCUT2D eigenvalue weighted by atomic mass is 10.0. The number of aromatic amines is 1. The molecule has 0 aliphatic heterocycles. The maximum Gasteiger partial charge on any atom is 0.158 e. The lowest BCUT2D eigenvalue weighted by Crippen LogP contribution is -2.04. The molecule has 138 valence electrons. The predicted molar refractivity (Wildman–Crippen MR) is 118 cm³/mol. The highest BCUT2D eigenvalue weighted by Gasteiger charge is 2.17. The van der Waals surface area contributed by atoms with E-state index in [1.165, 1.54) is 0 Å². The van der Waals surface area contributed by atoms with Crippen molar-refractivity contribution in [2.45, 2.75) is 11.8 Å². The van der Waals surface area contributed by atoms with E-state index in [0.29, 0.717) is 5.65 Å². The van der Waals surface area contributed by atoms with E-state index in [0.717, 1.165) is 42.3 Å². The van der Waals surface area contributed by atoms with Crippen molar-refractivity contribution in [3.63, 3.8) is 0 Å². The molecule has 0 saturated heterocycles. The second-order valence-electron chi connectivity index (χ2n) is 6.74. The van der Waals surface area contributed by atoms with E-state index in [9.17, 15) is 4.21 Å². The van der Waals surface area contributed by atoms with Crippen molar-refractivity contribution in [2.75, 3.05) is 0 Å². The molecule has 3 heterocycles. The van der Waals surface area contributed by atoms with Crippen LogP contribution in [0.1, 0.15) is 5.56 Å². The van der Waals surface area contributed by atoms with Gasteiger partial charge in [0.2, 0.25) is 0 Å². The van der Waals surface area contributed by atoms with Crippen molar-refractivity contribution in [2.24, 2.45) is 0 Å². The van der Waals surface area contributed by atoms with Crippen LogP contribution < -0.4 is 0 Å². The standard InChI is InChI=1S/C22H16BrN3OS/c1-14-2-5-18(6-3-14)28(27)26-13-20(19-11-17(23)12-25-22(19)26)15-4-7-21-16(10-15)8-9-24-21/h2-13,24H,1H3. The summed E-state index contributed by atoms with van der Waals surface area (Å²) in [4.78, 5) is 8.53. The van der Waals surface area contributed by atoms with Crippen LogP contribution in [-0.2, 0) is 11.0 Å². The average molecular weight is 450 g/mol. The summed E-state index contributed by atoms with van der Waals surface area (Å²) in [5.74, 6) is 0. The highest BCUT2D eigenvalue weighted by molar-refractivity contribution is 9.10. The minimum Gasteiger partial charge on any atom is -0.361 e. The van der Waals surface area contributed by atoms with Crippen LogP contribution in [0.4, 0.5) is 0 Å². The summed E-state index contributed by atoms with van der Waals surface area (Å²) in [5.41, 5.74) is 5.01. The summed E-state index contributed by atoms with van der Waals surface area (Å²) >= 11 is 3.52. The number of halogens is 1. The molecular weight excluding hydrogens is 434 g/mol. The molecule has 0 radical (unpaired) electrons. The first-order chi connectivity index (χ1) is 13.6. The lowest BCUT2D eigenvalue weighted by molar-refractivity contribution is 0.678. The average Bonchev–Trinajstić information content (AvgIpc) is 3.31. The number of rotatable bonds is 3. The van der Waals surface area contributed by atoms with Crippen molar-refractivity contribution in [3.05, 3.63) is 83.2 Å². The molecule has 6 heteroatoms. The van der Waals surface area contributed by atoms with Gasteiger partial charge in [-0.05, 0) is 70.2 Å². The number of aromatic nitrogens is 3. The molecule has 0 fully saturated rings. The molecule has 0 spiro atoms. The molecule has 4 nitrogen and oxygen atoms in total. The zero-order valence-corrected chi connectivity index (χ0v) is 17.4. The monoisotopic (exact) mass is 449 g/mol. The highest BCUT2D eigenvalue weighted by Crippen LogP contribution is 2.34. The molecule has 0 aliphatic carbocycles. The van der Waals surface area contributed by atoms with Crippen molar-refractivity contribution < 1.29 is 4.21 Å². The fourth-order valence-electron chi connectivity index (χ4n) is 3.40. The van der Waals surface area contributed by atoms with Gasteiger partial charge in [0.05, 0.1) is 4.90 Å². The van der Waals surface area contributed by atoms with Crippen LogP contribution in [0.3, 0.4) is 0 Å². The third-order valence-electron chi connectivity index (χ3n) is 4.84. The summed E-state index contributed by atoms with van der Waals surface area (Å²) < 4.78 is 15.9. The van der Waals surface area contributed by atoms with Gasteiger partial charge in [-0.2, -0.15) is 0 Å². The molecular formula is C22H16BrN3OS. The van der Waals surface area contributed by atoms with Gasteiger partial charge in [-0.3, -0.25) is 0 Å². The van der Waals surface area contributed by atoms with Crippen LogP contribution in [0.5, 0.6) is 0 Å². The van der Waals surface area contributed by atoms with Gasteiger partial charge in [-0.25, -0.2) is 13.2 Å². The van der Waals surface area contributed by atoms with Crippen molar-refractivity contribution in [1.29, 1.82) is 0 Å². The first-order valence-corrected chi connectivity index (χ1v) is 10.7. The fourth-order valence-corrected chi connectivity index (χ4v) is 4.83. The van der Waals surface area contributed by atoms with Gasteiger partial charge >= 0.3 is 0 Å². The van der Waals surface area contributed by atoms with Gasteiger partial charge in [0.15, 0.2) is 16.6 Å². The number of hydrogen-bond donors (Lipinski definition) is 1. The van der Waals surface area contributed by atoms with Crippen molar-refractivity contribution in [1.82, 2.24) is 13.9 Å². The van der Waals surface area contributed by atoms with E-state index in [4.69, 9.17) is 0 Å². The Kier molecular flexibility index (Phi) is 4.18. The molecule has 0 bridgehead atoms. The highest BCUT2D eigenvalue weighted by atomic mass is 79.9. The number of nitrogens with zero attached hydrogens (tertiary/aromatic N) is 2. The van der Waals surface area contributed by atoms with Gasteiger partial charge in [-0.1, -0.05) is 23.8 Å². The van der Waals surface area contributed by atoms with Crippen LogP contribution in [0.2, 0.25) is 0 Å². The molecule has 0 aliphatic rings. The molecule has 0 saturated carbocycles. The molecule has 1 atom stereocenters. The summed E-state index contributed by atoms with van der Waals surface area (Å²) in [7, 11) is -1.38. The maximum absolute atomic E-state index is 13.3. The Bertz CT molecular complexity index is 1350. The Morgan fingerprint density at radius 3 is 2.71 bits per heavy atom. The zero-order chi connectivity index (χ0) is 19.3. The number of aryl methyl sites for hydroxylation is 1.